The molecule has 4 heteroatoms. The van der Waals surface area contributed by atoms with Gasteiger partial charge < -0.3 is 9.47 Å². The topological polar surface area (TPSA) is 42.3 Å². The van der Waals surface area contributed by atoms with Crippen molar-refractivity contribution >= 4 is 17.0 Å². The zero-order valence-electron chi connectivity index (χ0n) is 14.5. The lowest BCUT2D eigenvalue weighted by Gasteiger charge is -2.47. The van der Waals surface area contributed by atoms with E-state index in [2.05, 4.69) is 54.6 Å². The fourth-order valence-electron chi connectivity index (χ4n) is 5.01. The van der Waals surface area contributed by atoms with Crippen LogP contribution >= 0.6 is 11.8 Å². The Morgan fingerprint density at radius 3 is 2.48 bits per heavy atom. The lowest BCUT2D eigenvalue weighted by molar-refractivity contribution is -0.154. The molecule has 1 fully saturated rings. The average Bonchev–Trinajstić information content (AvgIpc) is 3.12. The second-order valence-corrected chi connectivity index (χ2v) is 8.62. The Hall–Kier alpha value is -2.72. The van der Waals surface area contributed by atoms with Gasteiger partial charge in [-0.1, -0.05) is 84.6 Å². The van der Waals surface area contributed by atoms with Crippen LogP contribution in [0.15, 0.2) is 78.9 Å². The van der Waals surface area contributed by atoms with Crippen molar-refractivity contribution in [2.24, 2.45) is 0 Å². The third-order valence-electron chi connectivity index (χ3n) is 5.98. The Labute approximate surface area is 161 Å². The van der Waals surface area contributed by atoms with Gasteiger partial charge in [0.1, 0.15) is 10.5 Å². The van der Waals surface area contributed by atoms with Crippen molar-refractivity contribution in [1.82, 2.24) is 0 Å². The van der Waals surface area contributed by atoms with Gasteiger partial charge in [0, 0.05) is 17.0 Å². The molecule has 3 aromatic rings. The van der Waals surface area contributed by atoms with Gasteiger partial charge >= 0.3 is 0 Å². The van der Waals surface area contributed by atoms with Crippen LogP contribution < -0.4 is 4.74 Å². The van der Waals surface area contributed by atoms with E-state index in [0.29, 0.717) is 0 Å². The van der Waals surface area contributed by atoms with Crippen molar-refractivity contribution in [3.05, 3.63) is 101 Å². The lowest BCUT2D eigenvalue weighted by Crippen LogP contribution is -2.55. The minimum atomic E-state index is -0.958. The number of fused-ring (bicyclic) bond motifs is 2. The molecule has 2 aliphatic heterocycles. The number of hydrogen-bond donors (Lipinski definition) is 1. The molecule has 0 amide bonds. The van der Waals surface area contributed by atoms with E-state index < -0.39 is 10.5 Å². The first-order valence-corrected chi connectivity index (χ1v) is 9.93. The van der Waals surface area contributed by atoms with Crippen LogP contribution in [0.25, 0.3) is 0 Å². The van der Waals surface area contributed by atoms with E-state index in [-0.39, 0.29) is 11.1 Å². The highest BCUT2D eigenvalue weighted by atomic mass is 32.2. The van der Waals surface area contributed by atoms with E-state index in [4.69, 9.17) is 14.9 Å². The van der Waals surface area contributed by atoms with E-state index in [1.807, 2.05) is 24.3 Å². The summed E-state index contributed by atoms with van der Waals surface area (Å²) in [5, 5.41) is 8.63. The second-order valence-electron chi connectivity index (χ2n) is 7.32. The smallest absolute Gasteiger partial charge is 0.296 e. The quantitative estimate of drug-likeness (QED) is 0.650. The van der Waals surface area contributed by atoms with Gasteiger partial charge in [-0.15, -0.1) is 0 Å². The van der Waals surface area contributed by atoms with Gasteiger partial charge in [0.25, 0.3) is 5.79 Å². The minimum Gasteiger partial charge on any atom is -0.446 e. The summed E-state index contributed by atoms with van der Waals surface area (Å²) < 4.78 is 12.4. The SMILES string of the molecule is N=C1OC23Oc4ccccc4C(c4ccccc4)C2(Cc2ccccc23)S1. The number of thioether (sulfide) groups is 1. The summed E-state index contributed by atoms with van der Waals surface area (Å²) in [5.41, 5.74) is 4.69. The molecule has 0 spiro atoms. The fraction of sp³-hybridized carbons (Fsp3) is 0.174. The maximum absolute atomic E-state index is 8.39. The number of rotatable bonds is 1. The van der Waals surface area contributed by atoms with Crippen LogP contribution in [-0.2, 0) is 16.9 Å². The molecule has 2 heterocycles. The number of nitrogens with one attached hydrogen (secondary N) is 1. The van der Waals surface area contributed by atoms with Crippen molar-refractivity contribution in [1.29, 1.82) is 5.41 Å². The molecule has 1 aliphatic carbocycles. The summed E-state index contributed by atoms with van der Waals surface area (Å²) in [6, 6.07) is 27.1. The fourth-order valence-corrected chi connectivity index (χ4v) is 6.44. The predicted molar refractivity (Wildman–Crippen MR) is 106 cm³/mol. The number of benzene rings is 3. The van der Waals surface area contributed by atoms with Crippen LogP contribution in [0.3, 0.4) is 0 Å². The molecule has 3 atom stereocenters. The van der Waals surface area contributed by atoms with Crippen molar-refractivity contribution in [3.8, 4) is 5.75 Å². The van der Waals surface area contributed by atoms with Crippen molar-refractivity contribution in [3.63, 3.8) is 0 Å². The Bertz CT molecular complexity index is 1080. The minimum absolute atomic E-state index is 0.0731. The molecule has 3 aromatic carbocycles. The summed E-state index contributed by atoms with van der Waals surface area (Å²) in [4.78, 5) is 0. The highest BCUT2D eigenvalue weighted by Gasteiger charge is 2.73. The first-order chi connectivity index (χ1) is 13.2. The second kappa shape index (κ2) is 5.17. The molecule has 3 nitrogen and oxygen atoms in total. The predicted octanol–water partition coefficient (Wildman–Crippen LogP) is 5.06. The third kappa shape index (κ3) is 1.81. The summed E-state index contributed by atoms with van der Waals surface area (Å²) in [7, 11) is 0. The molecule has 1 saturated heterocycles. The maximum Gasteiger partial charge on any atom is 0.296 e. The van der Waals surface area contributed by atoms with Gasteiger partial charge in [0.15, 0.2) is 0 Å². The van der Waals surface area contributed by atoms with Crippen LogP contribution in [0.4, 0.5) is 0 Å². The first kappa shape index (κ1) is 15.3. The highest BCUT2D eigenvalue weighted by Crippen LogP contribution is 2.69. The molecular formula is C23H17NO2S. The molecule has 3 unspecified atom stereocenters. The standard InChI is InChI=1S/C23H17NO2S/c24-21-26-23-18-12-6-4-10-16(18)14-22(23,27-21)20(15-8-2-1-3-9-15)17-11-5-7-13-19(17)25-23/h1-13,20,24H,14H2. The molecule has 6 rings (SSSR count). The highest BCUT2D eigenvalue weighted by molar-refractivity contribution is 8.15. The Balaban J connectivity index is 1.70. The monoisotopic (exact) mass is 371 g/mol. The molecular weight excluding hydrogens is 354 g/mol. The first-order valence-electron chi connectivity index (χ1n) is 9.11. The lowest BCUT2D eigenvalue weighted by atomic mass is 9.73. The van der Waals surface area contributed by atoms with Gasteiger partial charge in [0.05, 0.1) is 0 Å². The number of hydrogen-bond acceptors (Lipinski definition) is 4. The normalized spacial score (nSPS) is 29.8. The Morgan fingerprint density at radius 2 is 1.59 bits per heavy atom. The number of ether oxygens (including phenoxy) is 2. The van der Waals surface area contributed by atoms with Gasteiger partial charge in [-0.2, -0.15) is 0 Å². The van der Waals surface area contributed by atoms with Gasteiger partial charge in [0.2, 0.25) is 5.23 Å². The van der Waals surface area contributed by atoms with Gasteiger partial charge in [-0.25, -0.2) is 0 Å². The van der Waals surface area contributed by atoms with E-state index in [0.717, 1.165) is 23.3 Å². The van der Waals surface area contributed by atoms with Gasteiger partial charge in [-0.05, 0) is 23.6 Å². The zero-order chi connectivity index (χ0) is 18.1. The van der Waals surface area contributed by atoms with E-state index in [1.165, 1.54) is 22.9 Å². The summed E-state index contributed by atoms with van der Waals surface area (Å²) in [6.45, 7) is 0. The molecule has 0 aromatic heterocycles. The Kier molecular flexibility index (Phi) is 2.94. The van der Waals surface area contributed by atoms with Crippen LogP contribution in [0.1, 0.15) is 28.2 Å². The van der Waals surface area contributed by atoms with Crippen LogP contribution in [-0.4, -0.2) is 9.98 Å². The zero-order valence-corrected chi connectivity index (χ0v) is 15.3. The maximum atomic E-state index is 8.39. The van der Waals surface area contributed by atoms with Crippen LogP contribution in [0.5, 0.6) is 5.75 Å². The number of para-hydroxylation sites is 1. The average molecular weight is 371 g/mol. The molecule has 0 bridgehead atoms. The molecule has 132 valence electrons. The Morgan fingerprint density at radius 1 is 0.852 bits per heavy atom. The third-order valence-corrected chi connectivity index (χ3v) is 7.26. The molecule has 27 heavy (non-hydrogen) atoms. The molecule has 0 radical (unpaired) electrons. The molecule has 1 N–H and O–H groups in total. The molecule has 0 saturated carbocycles. The largest absolute Gasteiger partial charge is 0.446 e. The summed E-state index contributed by atoms with van der Waals surface area (Å²) in [6.07, 6.45) is 0.810. The van der Waals surface area contributed by atoms with Gasteiger partial charge in [-0.3, -0.25) is 5.41 Å². The van der Waals surface area contributed by atoms with Crippen LogP contribution in [0, 0.1) is 5.41 Å². The molecule has 3 aliphatic rings. The van der Waals surface area contributed by atoms with Crippen molar-refractivity contribution < 1.29 is 9.47 Å². The van der Waals surface area contributed by atoms with E-state index in [9.17, 15) is 0 Å². The van der Waals surface area contributed by atoms with E-state index >= 15 is 0 Å². The van der Waals surface area contributed by atoms with Crippen molar-refractivity contribution in [2.45, 2.75) is 22.9 Å². The van der Waals surface area contributed by atoms with Crippen LogP contribution in [0.2, 0.25) is 0 Å². The van der Waals surface area contributed by atoms with E-state index in [1.54, 1.807) is 0 Å². The summed E-state index contributed by atoms with van der Waals surface area (Å²) >= 11 is 1.52. The van der Waals surface area contributed by atoms with Crippen molar-refractivity contribution in [2.75, 3.05) is 0 Å². The summed E-state index contributed by atoms with van der Waals surface area (Å²) in [5.74, 6) is -0.0434.